The summed E-state index contributed by atoms with van der Waals surface area (Å²) in [6, 6.07) is -0.216. The number of imidazole rings is 1. The van der Waals surface area contributed by atoms with Crippen molar-refractivity contribution in [1.29, 1.82) is 0 Å². The molecule has 2 aromatic rings. The van der Waals surface area contributed by atoms with Gasteiger partial charge in [-0.2, -0.15) is 0 Å². The van der Waals surface area contributed by atoms with Crippen LogP contribution in [0.5, 0.6) is 0 Å². The fourth-order valence-corrected chi connectivity index (χ4v) is 1.59. The number of anilines is 1. The van der Waals surface area contributed by atoms with E-state index in [2.05, 4.69) is 30.6 Å². The standard InChI is InChI=1S/C12H16N6O/c1-3-14-10-7-13-6-9(18-10)12(19)17-8(2)11-15-4-5-16-11/h4-8H,3H2,1-2H3,(H,14,18)(H,15,16)(H,17,19). The number of carbonyl (C=O) groups is 1. The van der Waals surface area contributed by atoms with Gasteiger partial charge in [0.05, 0.1) is 18.4 Å². The van der Waals surface area contributed by atoms with Crippen LogP contribution in [0.1, 0.15) is 36.2 Å². The third-order valence-electron chi connectivity index (χ3n) is 2.50. The van der Waals surface area contributed by atoms with Crippen molar-refractivity contribution >= 4 is 11.7 Å². The third kappa shape index (κ3) is 3.27. The normalized spacial score (nSPS) is 11.9. The van der Waals surface area contributed by atoms with Gasteiger partial charge in [-0.25, -0.2) is 9.97 Å². The predicted molar refractivity (Wildman–Crippen MR) is 70.7 cm³/mol. The van der Waals surface area contributed by atoms with E-state index in [-0.39, 0.29) is 17.6 Å². The molecule has 0 bridgehead atoms. The zero-order valence-corrected chi connectivity index (χ0v) is 10.8. The molecule has 7 nitrogen and oxygen atoms in total. The molecule has 0 spiro atoms. The van der Waals surface area contributed by atoms with Gasteiger partial charge in [0.1, 0.15) is 17.3 Å². The number of nitrogens with one attached hydrogen (secondary N) is 3. The Morgan fingerprint density at radius 1 is 1.47 bits per heavy atom. The average Bonchev–Trinajstić information content (AvgIpc) is 2.93. The van der Waals surface area contributed by atoms with Gasteiger partial charge in [0, 0.05) is 18.9 Å². The van der Waals surface area contributed by atoms with Crippen LogP contribution in [0.3, 0.4) is 0 Å². The highest BCUT2D eigenvalue weighted by Gasteiger charge is 2.14. The molecule has 0 fully saturated rings. The van der Waals surface area contributed by atoms with Crippen LogP contribution in [0.15, 0.2) is 24.8 Å². The second-order valence-corrected chi connectivity index (χ2v) is 3.99. The first-order chi connectivity index (χ1) is 9.20. The summed E-state index contributed by atoms with van der Waals surface area (Å²) in [5.74, 6) is 1.00. The van der Waals surface area contributed by atoms with Gasteiger partial charge in [-0.05, 0) is 13.8 Å². The largest absolute Gasteiger partial charge is 0.369 e. The van der Waals surface area contributed by atoms with Crippen molar-refractivity contribution in [2.45, 2.75) is 19.9 Å². The summed E-state index contributed by atoms with van der Waals surface area (Å²) in [6.07, 6.45) is 6.37. The summed E-state index contributed by atoms with van der Waals surface area (Å²) >= 11 is 0. The summed E-state index contributed by atoms with van der Waals surface area (Å²) in [5, 5.41) is 5.82. The first-order valence-electron chi connectivity index (χ1n) is 6.06. The molecule has 1 amide bonds. The van der Waals surface area contributed by atoms with Crippen molar-refractivity contribution in [3.63, 3.8) is 0 Å². The van der Waals surface area contributed by atoms with E-state index in [0.717, 1.165) is 6.54 Å². The second-order valence-electron chi connectivity index (χ2n) is 3.99. The number of aromatic amines is 1. The van der Waals surface area contributed by atoms with Crippen LogP contribution < -0.4 is 10.6 Å². The first-order valence-corrected chi connectivity index (χ1v) is 6.06. The summed E-state index contributed by atoms with van der Waals surface area (Å²) in [6.45, 7) is 4.52. The van der Waals surface area contributed by atoms with Gasteiger partial charge in [0.2, 0.25) is 0 Å². The number of nitrogens with zero attached hydrogens (tertiary/aromatic N) is 3. The minimum atomic E-state index is -0.281. The molecular formula is C12H16N6O. The van der Waals surface area contributed by atoms with E-state index < -0.39 is 0 Å². The number of amides is 1. The molecule has 0 aliphatic heterocycles. The molecule has 0 saturated carbocycles. The highest BCUT2D eigenvalue weighted by atomic mass is 16.1. The van der Waals surface area contributed by atoms with Crippen molar-refractivity contribution in [3.05, 3.63) is 36.3 Å². The van der Waals surface area contributed by atoms with E-state index in [1.54, 1.807) is 18.6 Å². The van der Waals surface area contributed by atoms with Crippen molar-refractivity contribution in [1.82, 2.24) is 25.3 Å². The van der Waals surface area contributed by atoms with E-state index in [1.807, 2.05) is 13.8 Å². The summed E-state index contributed by atoms with van der Waals surface area (Å²) in [7, 11) is 0. The van der Waals surface area contributed by atoms with Crippen molar-refractivity contribution < 1.29 is 4.79 Å². The maximum Gasteiger partial charge on any atom is 0.272 e. The molecule has 1 unspecified atom stereocenters. The molecule has 7 heteroatoms. The van der Waals surface area contributed by atoms with Crippen molar-refractivity contribution in [2.75, 3.05) is 11.9 Å². The molecule has 2 rings (SSSR count). The van der Waals surface area contributed by atoms with Gasteiger partial charge in [0.15, 0.2) is 0 Å². The van der Waals surface area contributed by atoms with Gasteiger partial charge in [0.25, 0.3) is 5.91 Å². The number of rotatable bonds is 5. The Labute approximate surface area is 110 Å². The lowest BCUT2D eigenvalue weighted by Crippen LogP contribution is -2.28. The molecule has 0 saturated heterocycles. The van der Waals surface area contributed by atoms with Gasteiger partial charge in [-0.3, -0.25) is 9.78 Å². The number of H-pyrrole nitrogens is 1. The number of hydrogen-bond donors (Lipinski definition) is 3. The molecule has 2 heterocycles. The van der Waals surface area contributed by atoms with Gasteiger partial charge in [-0.15, -0.1) is 0 Å². The Kier molecular flexibility index (Phi) is 4.07. The van der Waals surface area contributed by atoms with E-state index in [9.17, 15) is 4.79 Å². The van der Waals surface area contributed by atoms with Gasteiger partial charge in [-0.1, -0.05) is 0 Å². The zero-order valence-electron chi connectivity index (χ0n) is 10.8. The van der Waals surface area contributed by atoms with E-state index in [1.165, 1.54) is 6.20 Å². The van der Waals surface area contributed by atoms with Crippen LogP contribution in [0.2, 0.25) is 0 Å². The Balaban J connectivity index is 2.05. The van der Waals surface area contributed by atoms with Crippen LogP contribution >= 0.6 is 0 Å². The topological polar surface area (TPSA) is 95.6 Å². The summed E-state index contributed by atoms with van der Waals surface area (Å²) in [4.78, 5) is 27.2. The Morgan fingerprint density at radius 2 is 2.32 bits per heavy atom. The molecule has 0 aliphatic carbocycles. The molecule has 0 radical (unpaired) electrons. The van der Waals surface area contributed by atoms with Crippen LogP contribution in [0, 0.1) is 0 Å². The smallest absolute Gasteiger partial charge is 0.272 e. The van der Waals surface area contributed by atoms with E-state index >= 15 is 0 Å². The van der Waals surface area contributed by atoms with E-state index in [4.69, 9.17) is 0 Å². The highest BCUT2D eigenvalue weighted by molar-refractivity contribution is 5.92. The van der Waals surface area contributed by atoms with Crippen LogP contribution in [-0.2, 0) is 0 Å². The number of hydrogen-bond acceptors (Lipinski definition) is 5. The lowest BCUT2D eigenvalue weighted by atomic mass is 10.3. The maximum atomic E-state index is 12.0. The molecule has 100 valence electrons. The quantitative estimate of drug-likeness (QED) is 0.748. The lowest BCUT2D eigenvalue weighted by molar-refractivity contribution is 0.0933. The predicted octanol–water partition coefficient (Wildman–Crippen LogP) is 1.12. The van der Waals surface area contributed by atoms with Gasteiger partial charge < -0.3 is 15.6 Å². The summed E-state index contributed by atoms with van der Waals surface area (Å²) < 4.78 is 0. The maximum absolute atomic E-state index is 12.0. The van der Waals surface area contributed by atoms with E-state index in [0.29, 0.717) is 11.6 Å². The van der Waals surface area contributed by atoms with Crippen molar-refractivity contribution in [2.24, 2.45) is 0 Å². The first kappa shape index (κ1) is 13.0. The third-order valence-corrected chi connectivity index (χ3v) is 2.50. The monoisotopic (exact) mass is 260 g/mol. The molecular weight excluding hydrogens is 244 g/mol. The fraction of sp³-hybridized carbons (Fsp3) is 0.333. The van der Waals surface area contributed by atoms with Gasteiger partial charge >= 0.3 is 0 Å². The number of carbonyl (C=O) groups excluding carboxylic acids is 1. The molecule has 2 aromatic heterocycles. The molecule has 0 aliphatic rings. The van der Waals surface area contributed by atoms with Crippen LogP contribution in [0.4, 0.5) is 5.82 Å². The molecule has 3 N–H and O–H groups in total. The highest BCUT2D eigenvalue weighted by Crippen LogP contribution is 2.07. The lowest BCUT2D eigenvalue weighted by Gasteiger charge is -2.11. The molecule has 1 atom stereocenters. The fourth-order valence-electron chi connectivity index (χ4n) is 1.59. The Morgan fingerprint density at radius 3 is 3.00 bits per heavy atom. The Hall–Kier alpha value is -2.44. The molecule has 19 heavy (non-hydrogen) atoms. The average molecular weight is 260 g/mol. The SMILES string of the molecule is CCNc1cncc(C(=O)NC(C)c2ncc[nH]2)n1. The van der Waals surface area contributed by atoms with Crippen molar-refractivity contribution in [3.8, 4) is 0 Å². The van der Waals surface area contributed by atoms with Crippen LogP contribution in [-0.4, -0.2) is 32.4 Å². The second kappa shape index (κ2) is 5.94. The Bertz CT molecular complexity index is 539. The minimum absolute atomic E-state index is 0.216. The summed E-state index contributed by atoms with van der Waals surface area (Å²) in [5.41, 5.74) is 0.275. The number of aromatic nitrogens is 4. The minimum Gasteiger partial charge on any atom is -0.369 e. The van der Waals surface area contributed by atoms with Crippen LogP contribution in [0.25, 0.3) is 0 Å². The zero-order chi connectivity index (χ0) is 13.7. The molecule has 0 aromatic carbocycles.